The van der Waals surface area contributed by atoms with E-state index in [-0.39, 0.29) is 11.9 Å². The zero-order valence-corrected chi connectivity index (χ0v) is 12.9. The monoisotopic (exact) mass is 272 g/mol. The Hall–Kier alpha value is -1.79. The molecule has 0 bridgehead atoms. The van der Waals surface area contributed by atoms with Gasteiger partial charge in [-0.25, -0.2) is 0 Å². The number of amides is 1. The molecule has 0 aromatic heterocycles. The van der Waals surface area contributed by atoms with Crippen molar-refractivity contribution in [3.05, 3.63) is 29.3 Å². The molecule has 0 saturated carbocycles. The number of nitrogens with zero attached hydrogens (tertiary/aromatic N) is 1. The fraction of sp³-hybridized carbons (Fsp3) is 0.471. The van der Waals surface area contributed by atoms with Gasteiger partial charge in [-0.05, 0) is 38.1 Å². The van der Waals surface area contributed by atoms with Gasteiger partial charge >= 0.3 is 0 Å². The molecule has 1 aromatic carbocycles. The number of hydrogen-bond donors (Lipinski definition) is 1. The van der Waals surface area contributed by atoms with Gasteiger partial charge < -0.3 is 5.32 Å². The summed E-state index contributed by atoms with van der Waals surface area (Å²) in [5, 5.41) is 3.04. The average molecular weight is 272 g/mol. The molecule has 1 atom stereocenters. The van der Waals surface area contributed by atoms with Crippen LogP contribution in [0.5, 0.6) is 0 Å². The predicted octanol–water partition coefficient (Wildman–Crippen LogP) is 2.98. The minimum Gasteiger partial charge on any atom is -0.324 e. The summed E-state index contributed by atoms with van der Waals surface area (Å²) < 4.78 is 0. The first kappa shape index (κ1) is 16.3. The van der Waals surface area contributed by atoms with Crippen LogP contribution in [0.2, 0.25) is 0 Å². The molecule has 1 aromatic rings. The SMILES string of the molecule is C#CCC(C(=O)Nc1c(C)cccc1C)N(CC)CC. The fourth-order valence-electron chi connectivity index (χ4n) is 2.38. The molecule has 0 aliphatic heterocycles. The molecule has 0 spiro atoms. The van der Waals surface area contributed by atoms with Gasteiger partial charge in [-0.1, -0.05) is 32.0 Å². The summed E-state index contributed by atoms with van der Waals surface area (Å²) in [5.41, 5.74) is 3.03. The molecular formula is C17H24N2O. The Kier molecular flexibility index (Phi) is 6.27. The van der Waals surface area contributed by atoms with E-state index in [2.05, 4.69) is 16.1 Å². The first-order valence-electron chi connectivity index (χ1n) is 7.09. The number of para-hydroxylation sites is 1. The molecule has 0 aliphatic rings. The van der Waals surface area contributed by atoms with E-state index in [1.54, 1.807) is 0 Å². The molecule has 3 nitrogen and oxygen atoms in total. The maximum atomic E-state index is 12.5. The lowest BCUT2D eigenvalue weighted by molar-refractivity contribution is -0.121. The van der Waals surface area contributed by atoms with Crippen molar-refractivity contribution in [1.82, 2.24) is 4.90 Å². The molecule has 0 fully saturated rings. The third kappa shape index (κ3) is 3.85. The van der Waals surface area contributed by atoms with Gasteiger partial charge in [-0.15, -0.1) is 12.3 Å². The molecule has 0 aliphatic carbocycles. The minimum atomic E-state index is -0.269. The zero-order chi connectivity index (χ0) is 15.1. The van der Waals surface area contributed by atoms with Gasteiger partial charge in [0.15, 0.2) is 0 Å². The number of hydrogen-bond acceptors (Lipinski definition) is 2. The Morgan fingerprint density at radius 2 is 1.85 bits per heavy atom. The fourth-order valence-corrected chi connectivity index (χ4v) is 2.38. The van der Waals surface area contributed by atoms with Gasteiger partial charge in [-0.2, -0.15) is 0 Å². The topological polar surface area (TPSA) is 32.3 Å². The van der Waals surface area contributed by atoms with E-state index >= 15 is 0 Å². The number of carbonyl (C=O) groups is 1. The first-order valence-corrected chi connectivity index (χ1v) is 7.09. The minimum absolute atomic E-state index is 0.0240. The predicted molar refractivity (Wildman–Crippen MR) is 84.7 cm³/mol. The normalized spacial score (nSPS) is 12.0. The molecule has 1 rings (SSSR count). The maximum absolute atomic E-state index is 12.5. The zero-order valence-electron chi connectivity index (χ0n) is 12.9. The Morgan fingerprint density at radius 3 is 2.30 bits per heavy atom. The molecule has 1 N–H and O–H groups in total. The van der Waals surface area contributed by atoms with Gasteiger partial charge in [0.05, 0.1) is 0 Å². The van der Waals surface area contributed by atoms with Gasteiger partial charge in [0.25, 0.3) is 0 Å². The summed E-state index contributed by atoms with van der Waals surface area (Å²) in [6.07, 6.45) is 5.84. The number of likely N-dealkylation sites (N-methyl/N-ethyl adjacent to an activating group) is 1. The number of carbonyl (C=O) groups excluding carboxylic acids is 1. The Morgan fingerprint density at radius 1 is 1.30 bits per heavy atom. The summed E-state index contributed by atoms with van der Waals surface area (Å²) >= 11 is 0. The van der Waals surface area contributed by atoms with E-state index in [1.807, 2.05) is 45.9 Å². The van der Waals surface area contributed by atoms with Crippen LogP contribution in [0.4, 0.5) is 5.69 Å². The van der Waals surface area contributed by atoms with Crippen molar-refractivity contribution in [3.63, 3.8) is 0 Å². The highest BCUT2D eigenvalue weighted by atomic mass is 16.2. The van der Waals surface area contributed by atoms with E-state index in [0.29, 0.717) is 6.42 Å². The average Bonchev–Trinajstić information content (AvgIpc) is 2.43. The Labute approximate surface area is 122 Å². The molecule has 1 amide bonds. The van der Waals surface area contributed by atoms with Crippen LogP contribution < -0.4 is 5.32 Å². The molecule has 0 saturated heterocycles. The Balaban J connectivity index is 2.94. The van der Waals surface area contributed by atoms with Crippen LogP contribution in [-0.2, 0) is 4.79 Å². The number of anilines is 1. The second-order valence-electron chi connectivity index (χ2n) is 4.90. The molecule has 20 heavy (non-hydrogen) atoms. The largest absolute Gasteiger partial charge is 0.324 e. The Bertz CT molecular complexity index is 478. The van der Waals surface area contributed by atoms with E-state index in [0.717, 1.165) is 29.9 Å². The summed E-state index contributed by atoms with van der Waals surface area (Å²) in [5.74, 6) is 2.59. The first-order chi connectivity index (χ1) is 9.54. The number of rotatable bonds is 6. The molecule has 0 heterocycles. The third-order valence-electron chi connectivity index (χ3n) is 3.60. The molecule has 3 heteroatoms. The van der Waals surface area contributed by atoms with Crippen LogP contribution in [0.3, 0.4) is 0 Å². The van der Waals surface area contributed by atoms with Crippen LogP contribution in [0.25, 0.3) is 0 Å². The summed E-state index contributed by atoms with van der Waals surface area (Å²) in [6.45, 7) is 9.69. The molecule has 1 unspecified atom stereocenters. The van der Waals surface area contributed by atoms with E-state index < -0.39 is 0 Å². The van der Waals surface area contributed by atoms with Crippen LogP contribution in [0, 0.1) is 26.2 Å². The number of terminal acetylenes is 1. The quantitative estimate of drug-likeness (QED) is 0.807. The summed E-state index contributed by atoms with van der Waals surface area (Å²) in [4.78, 5) is 14.6. The van der Waals surface area contributed by atoms with Crippen molar-refractivity contribution in [1.29, 1.82) is 0 Å². The van der Waals surface area contributed by atoms with Gasteiger partial charge in [0, 0.05) is 12.1 Å². The van der Waals surface area contributed by atoms with E-state index in [1.165, 1.54) is 0 Å². The molecule has 108 valence electrons. The lowest BCUT2D eigenvalue weighted by atomic mass is 10.1. The van der Waals surface area contributed by atoms with E-state index in [4.69, 9.17) is 6.42 Å². The van der Waals surface area contributed by atoms with Crippen LogP contribution in [0.1, 0.15) is 31.4 Å². The van der Waals surface area contributed by atoms with Crippen molar-refractivity contribution in [3.8, 4) is 12.3 Å². The molecule has 0 radical (unpaired) electrons. The second-order valence-corrected chi connectivity index (χ2v) is 4.90. The maximum Gasteiger partial charge on any atom is 0.242 e. The number of nitrogens with one attached hydrogen (secondary N) is 1. The lowest BCUT2D eigenvalue weighted by Crippen LogP contribution is -2.44. The van der Waals surface area contributed by atoms with Crippen molar-refractivity contribution >= 4 is 11.6 Å². The number of benzene rings is 1. The number of aryl methyl sites for hydroxylation is 2. The van der Waals surface area contributed by atoms with Crippen LogP contribution >= 0.6 is 0 Å². The van der Waals surface area contributed by atoms with Crippen LogP contribution in [0.15, 0.2) is 18.2 Å². The second kappa shape index (κ2) is 7.72. The van der Waals surface area contributed by atoms with Gasteiger partial charge in [-0.3, -0.25) is 9.69 Å². The van der Waals surface area contributed by atoms with Crippen molar-refractivity contribution < 1.29 is 4.79 Å². The van der Waals surface area contributed by atoms with Gasteiger partial charge in [0.2, 0.25) is 5.91 Å². The van der Waals surface area contributed by atoms with Crippen LogP contribution in [-0.4, -0.2) is 29.9 Å². The van der Waals surface area contributed by atoms with Crippen molar-refractivity contribution in [2.45, 2.75) is 40.2 Å². The smallest absolute Gasteiger partial charge is 0.242 e. The van der Waals surface area contributed by atoms with Crippen molar-refractivity contribution in [2.75, 3.05) is 18.4 Å². The lowest BCUT2D eigenvalue weighted by Gasteiger charge is -2.27. The molecular weight excluding hydrogens is 248 g/mol. The standard InChI is InChI=1S/C17H24N2O/c1-6-10-15(19(7-2)8-3)17(20)18-16-13(4)11-9-12-14(16)5/h1,9,11-12,15H,7-8,10H2,2-5H3,(H,18,20). The highest BCUT2D eigenvalue weighted by Crippen LogP contribution is 2.20. The third-order valence-corrected chi connectivity index (χ3v) is 3.60. The summed E-state index contributed by atoms with van der Waals surface area (Å²) in [6, 6.07) is 5.71. The van der Waals surface area contributed by atoms with Gasteiger partial charge in [0.1, 0.15) is 6.04 Å². The highest BCUT2D eigenvalue weighted by molar-refractivity contribution is 5.96. The highest BCUT2D eigenvalue weighted by Gasteiger charge is 2.23. The summed E-state index contributed by atoms with van der Waals surface area (Å²) in [7, 11) is 0. The van der Waals surface area contributed by atoms with E-state index in [9.17, 15) is 4.79 Å². The van der Waals surface area contributed by atoms with Crippen molar-refractivity contribution in [2.24, 2.45) is 0 Å².